The number of hydrogen-bond donors (Lipinski definition) is 2. The third kappa shape index (κ3) is 3.79. The van der Waals surface area contributed by atoms with Crippen LogP contribution in [0.15, 0.2) is 30.5 Å². The maximum Gasteiger partial charge on any atom is 0.412 e. The van der Waals surface area contributed by atoms with Crippen molar-refractivity contribution in [1.29, 1.82) is 0 Å². The molecule has 0 aliphatic heterocycles. The number of nitrogens with one attached hydrogen (secondary N) is 1. The van der Waals surface area contributed by atoms with Crippen LogP contribution in [0, 0.1) is 6.92 Å². The number of carbonyl (C=O) groups excluding carboxylic acids is 3. The quantitative estimate of drug-likeness (QED) is 0.822. The smallest absolute Gasteiger partial charge is 0.412 e. The van der Waals surface area contributed by atoms with Crippen LogP contribution in [0.4, 0.5) is 4.79 Å². The number of phenols is 1. The second-order valence-corrected chi connectivity index (χ2v) is 6.81. The largest absolute Gasteiger partial charge is 0.507 e. The second kappa shape index (κ2) is 6.55. The molecule has 6 heteroatoms. The van der Waals surface area contributed by atoms with Crippen molar-refractivity contribution < 1.29 is 24.2 Å². The van der Waals surface area contributed by atoms with Crippen LogP contribution in [-0.4, -0.2) is 28.4 Å². The highest BCUT2D eigenvalue weighted by molar-refractivity contribution is 6.25. The highest BCUT2D eigenvalue weighted by atomic mass is 16.6. The number of fused-ring (bicyclic) bond motifs is 1. The molecule has 0 radical (unpaired) electrons. The highest BCUT2D eigenvalue weighted by Gasteiger charge is 2.31. The fourth-order valence-corrected chi connectivity index (χ4v) is 2.60. The summed E-state index contributed by atoms with van der Waals surface area (Å²) in [5, 5.41) is 12.5. The zero-order valence-electron chi connectivity index (χ0n) is 14.7. The van der Waals surface area contributed by atoms with Gasteiger partial charge in [0.05, 0.1) is 5.70 Å². The van der Waals surface area contributed by atoms with E-state index in [-0.39, 0.29) is 29.0 Å². The molecule has 132 valence electrons. The van der Waals surface area contributed by atoms with Crippen LogP contribution < -0.4 is 5.32 Å². The standard InChI is InChI=1S/C19H21NO5/c1-6-7-11-15-12(8-10(2)16(11)22)17(23)13(9-14(15)21)20-18(24)25-19(3,4)5/h6,8-9,22H,1,7H2,2-5H3,(H,20,24). The van der Waals surface area contributed by atoms with Crippen molar-refractivity contribution in [3.8, 4) is 5.75 Å². The molecule has 0 heterocycles. The summed E-state index contributed by atoms with van der Waals surface area (Å²) >= 11 is 0. The van der Waals surface area contributed by atoms with Gasteiger partial charge in [-0.05, 0) is 45.7 Å². The average molecular weight is 343 g/mol. The van der Waals surface area contributed by atoms with E-state index in [0.717, 1.165) is 6.08 Å². The zero-order valence-corrected chi connectivity index (χ0v) is 14.7. The summed E-state index contributed by atoms with van der Waals surface area (Å²) in [4.78, 5) is 37.1. The summed E-state index contributed by atoms with van der Waals surface area (Å²) in [5.41, 5.74) is 0.227. The first-order chi connectivity index (χ1) is 11.5. The van der Waals surface area contributed by atoms with E-state index in [4.69, 9.17) is 4.74 Å². The van der Waals surface area contributed by atoms with Crippen LogP contribution in [0.2, 0.25) is 0 Å². The summed E-state index contributed by atoms with van der Waals surface area (Å²) in [6.07, 6.45) is 2.03. The van der Waals surface area contributed by atoms with E-state index in [1.165, 1.54) is 6.07 Å². The molecule has 0 bridgehead atoms. The Labute approximate surface area is 146 Å². The molecule has 0 saturated heterocycles. The summed E-state index contributed by atoms with van der Waals surface area (Å²) < 4.78 is 5.11. The molecule has 2 rings (SSSR count). The predicted molar refractivity (Wildman–Crippen MR) is 92.9 cm³/mol. The molecule has 2 N–H and O–H groups in total. The Morgan fingerprint density at radius 3 is 2.56 bits per heavy atom. The van der Waals surface area contributed by atoms with Crippen molar-refractivity contribution in [3.63, 3.8) is 0 Å². The number of ketones is 2. The first-order valence-corrected chi connectivity index (χ1v) is 7.82. The molecule has 0 saturated carbocycles. The SMILES string of the molecule is C=CCc1c(O)c(C)cc2c1C(=O)C=C(NC(=O)OC(C)(C)C)C2=O. The first-order valence-electron chi connectivity index (χ1n) is 7.82. The van der Waals surface area contributed by atoms with Crippen LogP contribution in [0.25, 0.3) is 0 Å². The Morgan fingerprint density at radius 2 is 2.00 bits per heavy atom. The van der Waals surface area contributed by atoms with Crippen molar-refractivity contribution in [2.75, 3.05) is 0 Å². The molecule has 1 aliphatic carbocycles. The molecular formula is C19H21NO5. The molecule has 0 spiro atoms. The highest BCUT2D eigenvalue weighted by Crippen LogP contribution is 2.33. The minimum absolute atomic E-state index is 0.0308. The van der Waals surface area contributed by atoms with E-state index in [9.17, 15) is 19.5 Å². The molecule has 0 aromatic heterocycles. The third-order valence-electron chi connectivity index (χ3n) is 3.59. The summed E-state index contributed by atoms with van der Waals surface area (Å²) in [6, 6.07) is 1.45. The topological polar surface area (TPSA) is 92.7 Å². The van der Waals surface area contributed by atoms with E-state index >= 15 is 0 Å². The van der Waals surface area contributed by atoms with Gasteiger partial charge in [0.15, 0.2) is 5.78 Å². The van der Waals surface area contributed by atoms with Gasteiger partial charge in [-0.2, -0.15) is 0 Å². The minimum Gasteiger partial charge on any atom is -0.507 e. The fraction of sp³-hybridized carbons (Fsp3) is 0.316. The van der Waals surface area contributed by atoms with Crippen LogP contribution in [0.3, 0.4) is 0 Å². The van der Waals surface area contributed by atoms with E-state index in [1.54, 1.807) is 33.8 Å². The number of rotatable bonds is 3. The molecule has 0 fully saturated rings. The van der Waals surface area contributed by atoms with Gasteiger partial charge in [0.2, 0.25) is 5.78 Å². The number of ether oxygens (including phenoxy) is 1. The predicted octanol–water partition coefficient (Wildman–Crippen LogP) is 3.22. The Bertz CT molecular complexity index is 812. The number of carbonyl (C=O) groups is 3. The van der Waals surface area contributed by atoms with Crippen molar-refractivity contribution in [3.05, 3.63) is 52.7 Å². The molecule has 1 aliphatic rings. The van der Waals surface area contributed by atoms with Gasteiger partial charge in [-0.3, -0.25) is 14.9 Å². The van der Waals surface area contributed by atoms with Gasteiger partial charge in [-0.1, -0.05) is 6.08 Å². The molecule has 1 aromatic rings. The number of amides is 1. The van der Waals surface area contributed by atoms with Crippen molar-refractivity contribution in [1.82, 2.24) is 5.32 Å². The summed E-state index contributed by atoms with van der Waals surface area (Å²) in [5.74, 6) is -1.00. The van der Waals surface area contributed by atoms with E-state index in [1.807, 2.05) is 0 Å². The molecule has 0 atom stereocenters. The molecule has 25 heavy (non-hydrogen) atoms. The number of Topliss-reactive ketones (excluding diaryl/α,β-unsaturated/α-hetero) is 1. The van der Waals surface area contributed by atoms with Crippen LogP contribution >= 0.6 is 0 Å². The summed E-state index contributed by atoms with van der Waals surface area (Å²) in [6.45, 7) is 10.3. The van der Waals surface area contributed by atoms with Crippen molar-refractivity contribution in [2.24, 2.45) is 0 Å². The van der Waals surface area contributed by atoms with E-state index in [0.29, 0.717) is 11.1 Å². The lowest BCUT2D eigenvalue weighted by Gasteiger charge is -2.23. The van der Waals surface area contributed by atoms with E-state index < -0.39 is 23.3 Å². The van der Waals surface area contributed by atoms with Crippen LogP contribution in [-0.2, 0) is 11.2 Å². The number of benzene rings is 1. The van der Waals surface area contributed by atoms with Gasteiger partial charge < -0.3 is 9.84 Å². The molecule has 1 amide bonds. The Hall–Kier alpha value is -2.89. The third-order valence-corrected chi connectivity index (χ3v) is 3.59. The van der Waals surface area contributed by atoms with Gasteiger partial charge >= 0.3 is 6.09 Å². The number of alkyl carbamates (subject to hydrolysis) is 1. The van der Waals surface area contributed by atoms with Crippen LogP contribution in [0.5, 0.6) is 5.75 Å². The second-order valence-electron chi connectivity index (χ2n) is 6.81. The van der Waals surface area contributed by atoms with Gasteiger partial charge in [-0.25, -0.2) is 4.79 Å². The average Bonchev–Trinajstić information content (AvgIpc) is 2.47. The lowest BCUT2D eigenvalue weighted by atomic mass is 9.85. The molecule has 0 unspecified atom stereocenters. The van der Waals surface area contributed by atoms with Gasteiger partial charge in [0.1, 0.15) is 11.4 Å². The Balaban J connectivity index is 2.44. The summed E-state index contributed by atoms with van der Waals surface area (Å²) in [7, 11) is 0. The zero-order chi connectivity index (χ0) is 18.9. The maximum atomic E-state index is 12.7. The number of aryl methyl sites for hydroxylation is 1. The normalized spacial score (nSPS) is 13.8. The number of allylic oxidation sites excluding steroid dienone is 3. The number of hydrogen-bond acceptors (Lipinski definition) is 5. The maximum absolute atomic E-state index is 12.7. The lowest BCUT2D eigenvalue weighted by molar-refractivity contribution is 0.0539. The molecule has 6 nitrogen and oxygen atoms in total. The van der Waals surface area contributed by atoms with E-state index in [2.05, 4.69) is 11.9 Å². The van der Waals surface area contributed by atoms with Gasteiger partial charge in [0.25, 0.3) is 0 Å². The lowest BCUT2D eigenvalue weighted by Crippen LogP contribution is -2.36. The monoisotopic (exact) mass is 343 g/mol. The number of aromatic hydroxyl groups is 1. The van der Waals surface area contributed by atoms with Crippen molar-refractivity contribution in [2.45, 2.75) is 39.7 Å². The Kier molecular flexibility index (Phi) is 4.83. The Morgan fingerprint density at radius 1 is 1.36 bits per heavy atom. The fourth-order valence-electron chi connectivity index (χ4n) is 2.60. The minimum atomic E-state index is -0.815. The van der Waals surface area contributed by atoms with Crippen molar-refractivity contribution >= 4 is 17.7 Å². The van der Waals surface area contributed by atoms with Crippen LogP contribution in [0.1, 0.15) is 52.6 Å². The molecule has 1 aromatic carbocycles. The van der Waals surface area contributed by atoms with Gasteiger partial charge in [-0.15, -0.1) is 6.58 Å². The van der Waals surface area contributed by atoms with Gasteiger partial charge in [0, 0.05) is 22.8 Å². The first kappa shape index (κ1) is 18.4. The number of phenolic OH excluding ortho intramolecular Hbond substituents is 1. The molecular weight excluding hydrogens is 322 g/mol.